The zero-order valence-electron chi connectivity index (χ0n) is 11.3. The maximum Gasteiger partial charge on any atom is 0.269 e. The Hall–Kier alpha value is -1.17. The molecule has 6 heteroatoms. The molecule has 5 nitrogen and oxygen atoms in total. The maximum atomic E-state index is 10.8. The van der Waals surface area contributed by atoms with Crippen molar-refractivity contribution < 1.29 is 10.0 Å². The fourth-order valence-corrected chi connectivity index (χ4v) is 2.61. The lowest BCUT2D eigenvalue weighted by Crippen LogP contribution is -2.40. The Morgan fingerprint density at radius 2 is 2.20 bits per heavy atom. The van der Waals surface area contributed by atoms with Crippen LogP contribution in [-0.4, -0.2) is 34.1 Å². The van der Waals surface area contributed by atoms with Gasteiger partial charge in [-0.3, -0.25) is 15.0 Å². The highest BCUT2D eigenvalue weighted by molar-refractivity contribution is 6.31. The number of benzene rings is 1. The van der Waals surface area contributed by atoms with E-state index < -0.39 is 4.92 Å². The van der Waals surface area contributed by atoms with Gasteiger partial charge in [0.1, 0.15) is 0 Å². The number of hydrogen-bond acceptors (Lipinski definition) is 4. The van der Waals surface area contributed by atoms with E-state index in [1.165, 1.54) is 12.5 Å². The van der Waals surface area contributed by atoms with Crippen molar-refractivity contribution in [2.24, 2.45) is 0 Å². The number of non-ortho nitro benzene ring substituents is 1. The van der Waals surface area contributed by atoms with Crippen LogP contribution in [0.25, 0.3) is 0 Å². The summed E-state index contributed by atoms with van der Waals surface area (Å²) in [5.41, 5.74) is 0.853. The topological polar surface area (TPSA) is 66.6 Å². The number of aliphatic hydroxyl groups excluding tert-OH is 1. The van der Waals surface area contributed by atoms with Gasteiger partial charge in [0.2, 0.25) is 0 Å². The number of halogens is 1. The highest BCUT2D eigenvalue weighted by Crippen LogP contribution is 2.29. The third kappa shape index (κ3) is 3.69. The second kappa shape index (κ2) is 7.02. The van der Waals surface area contributed by atoms with E-state index in [0.717, 1.165) is 24.9 Å². The second-order valence-corrected chi connectivity index (χ2v) is 5.57. The minimum Gasteiger partial charge on any atom is -0.396 e. The fourth-order valence-electron chi connectivity index (χ4n) is 2.43. The molecule has 0 bridgehead atoms. The van der Waals surface area contributed by atoms with E-state index in [1.54, 1.807) is 12.1 Å². The summed E-state index contributed by atoms with van der Waals surface area (Å²) in [7, 11) is 0. The average Bonchev–Trinajstić information content (AvgIpc) is 2.36. The van der Waals surface area contributed by atoms with Gasteiger partial charge in [0.05, 0.1) is 4.92 Å². The minimum atomic E-state index is -0.402. The molecule has 0 amide bonds. The van der Waals surface area contributed by atoms with Gasteiger partial charge in [0.25, 0.3) is 5.69 Å². The minimum absolute atomic E-state index is 0.0696. The van der Waals surface area contributed by atoms with Crippen LogP contribution in [0.2, 0.25) is 5.02 Å². The normalized spacial score (nSPS) is 15.3. The predicted octanol–water partition coefficient (Wildman–Crippen LogP) is 2.99. The van der Waals surface area contributed by atoms with E-state index in [2.05, 4.69) is 4.90 Å². The van der Waals surface area contributed by atoms with Crippen LogP contribution in [0.4, 0.5) is 5.69 Å². The van der Waals surface area contributed by atoms with Crippen molar-refractivity contribution in [3.8, 4) is 0 Å². The van der Waals surface area contributed by atoms with Crippen molar-refractivity contribution in [3.05, 3.63) is 38.9 Å². The van der Waals surface area contributed by atoms with Crippen LogP contribution >= 0.6 is 11.6 Å². The maximum absolute atomic E-state index is 10.8. The van der Waals surface area contributed by atoms with Crippen molar-refractivity contribution in [1.29, 1.82) is 0 Å². The summed E-state index contributed by atoms with van der Waals surface area (Å²) < 4.78 is 0. The molecular weight excluding hydrogens is 280 g/mol. The quantitative estimate of drug-likeness (QED) is 0.621. The molecule has 20 heavy (non-hydrogen) atoms. The molecule has 0 saturated heterocycles. The van der Waals surface area contributed by atoms with Crippen molar-refractivity contribution in [3.63, 3.8) is 0 Å². The fraction of sp³-hybridized carbons (Fsp3) is 0.571. The Balaban J connectivity index is 2.12. The van der Waals surface area contributed by atoms with Crippen molar-refractivity contribution >= 4 is 17.3 Å². The van der Waals surface area contributed by atoms with Gasteiger partial charge < -0.3 is 5.11 Å². The van der Waals surface area contributed by atoms with Crippen LogP contribution in [0.5, 0.6) is 0 Å². The van der Waals surface area contributed by atoms with Gasteiger partial charge in [-0.2, -0.15) is 0 Å². The molecule has 1 saturated carbocycles. The summed E-state index contributed by atoms with van der Waals surface area (Å²) in [6.45, 7) is 1.55. The van der Waals surface area contributed by atoms with E-state index in [0.29, 0.717) is 24.0 Å². The zero-order chi connectivity index (χ0) is 14.5. The standard InChI is InChI=1S/C14H19ClN2O3/c15-14-6-5-13(17(19)20)9-11(14)10-16(7-2-8-18)12-3-1-4-12/h5-6,9,12,18H,1-4,7-8,10H2. The zero-order valence-corrected chi connectivity index (χ0v) is 12.1. The molecule has 0 unspecified atom stereocenters. The molecule has 0 aromatic heterocycles. The van der Waals surface area contributed by atoms with E-state index >= 15 is 0 Å². The van der Waals surface area contributed by atoms with Gasteiger partial charge in [0.15, 0.2) is 0 Å². The predicted molar refractivity (Wildman–Crippen MR) is 77.9 cm³/mol. The molecule has 0 heterocycles. The van der Waals surface area contributed by atoms with E-state index in [4.69, 9.17) is 16.7 Å². The van der Waals surface area contributed by atoms with Crippen LogP contribution in [-0.2, 0) is 6.54 Å². The largest absolute Gasteiger partial charge is 0.396 e. The average molecular weight is 299 g/mol. The summed E-state index contributed by atoms with van der Waals surface area (Å²) in [5.74, 6) is 0. The van der Waals surface area contributed by atoms with Gasteiger partial charge in [-0.15, -0.1) is 0 Å². The Morgan fingerprint density at radius 1 is 1.45 bits per heavy atom. The summed E-state index contributed by atoms with van der Waals surface area (Å²) >= 11 is 6.15. The number of nitro groups is 1. The van der Waals surface area contributed by atoms with Gasteiger partial charge in [-0.25, -0.2) is 0 Å². The molecular formula is C14H19ClN2O3. The number of aliphatic hydroxyl groups is 1. The van der Waals surface area contributed by atoms with Gasteiger partial charge >= 0.3 is 0 Å². The van der Waals surface area contributed by atoms with E-state index in [1.807, 2.05) is 0 Å². The third-order valence-corrected chi connectivity index (χ3v) is 4.18. The van der Waals surface area contributed by atoms with Gasteiger partial charge in [-0.05, 0) is 30.9 Å². The summed E-state index contributed by atoms with van der Waals surface area (Å²) in [5, 5.41) is 20.4. The molecule has 1 aliphatic carbocycles. The van der Waals surface area contributed by atoms with Crippen LogP contribution in [0.1, 0.15) is 31.2 Å². The van der Waals surface area contributed by atoms with Gasteiger partial charge in [-0.1, -0.05) is 18.0 Å². The lowest BCUT2D eigenvalue weighted by molar-refractivity contribution is -0.384. The van der Waals surface area contributed by atoms with Crippen molar-refractivity contribution in [2.45, 2.75) is 38.3 Å². The first-order valence-corrected chi connectivity index (χ1v) is 7.27. The van der Waals surface area contributed by atoms with Crippen LogP contribution in [0.3, 0.4) is 0 Å². The van der Waals surface area contributed by atoms with Crippen molar-refractivity contribution in [1.82, 2.24) is 4.90 Å². The van der Waals surface area contributed by atoms with Crippen molar-refractivity contribution in [2.75, 3.05) is 13.2 Å². The van der Waals surface area contributed by atoms with Crippen LogP contribution < -0.4 is 0 Å². The monoisotopic (exact) mass is 298 g/mol. The molecule has 110 valence electrons. The molecule has 0 spiro atoms. The summed E-state index contributed by atoms with van der Waals surface area (Å²) in [4.78, 5) is 12.7. The first kappa shape index (κ1) is 15.2. The SMILES string of the molecule is O=[N+]([O-])c1ccc(Cl)c(CN(CCCO)C2CCC2)c1. The number of hydrogen-bond donors (Lipinski definition) is 1. The molecule has 0 radical (unpaired) electrons. The Morgan fingerprint density at radius 3 is 2.75 bits per heavy atom. The number of nitrogens with zero attached hydrogens (tertiary/aromatic N) is 2. The molecule has 1 aromatic rings. The molecule has 0 aliphatic heterocycles. The summed E-state index contributed by atoms with van der Waals surface area (Å²) in [6, 6.07) is 5.07. The Bertz CT molecular complexity index is 477. The first-order chi connectivity index (χ1) is 9.61. The number of rotatable bonds is 7. The van der Waals surface area contributed by atoms with E-state index in [9.17, 15) is 10.1 Å². The summed E-state index contributed by atoms with van der Waals surface area (Å²) in [6.07, 6.45) is 4.24. The molecule has 1 N–H and O–H groups in total. The van der Waals surface area contributed by atoms with Gasteiger partial charge in [0, 0.05) is 42.9 Å². The molecule has 0 atom stereocenters. The third-order valence-electron chi connectivity index (χ3n) is 3.81. The highest BCUT2D eigenvalue weighted by Gasteiger charge is 2.25. The Kier molecular flexibility index (Phi) is 5.34. The van der Waals surface area contributed by atoms with Crippen LogP contribution in [0, 0.1) is 10.1 Å². The highest BCUT2D eigenvalue weighted by atomic mass is 35.5. The molecule has 2 rings (SSSR count). The Labute approximate surface area is 123 Å². The smallest absolute Gasteiger partial charge is 0.269 e. The lowest BCUT2D eigenvalue weighted by atomic mass is 9.91. The second-order valence-electron chi connectivity index (χ2n) is 5.17. The first-order valence-electron chi connectivity index (χ1n) is 6.89. The van der Waals surface area contributed by atoms with E-state index in [-0.39, 0.29) is 12.3 Å². The number of nitro benzene ring substituents is 1. The van der Waals surface area contributed by atoms with Crippen LogP contribution in [0.15, 0.2) is 18.2 Å². The lowest BCUT2D eigenvalue weighted by Gasteiger charge is -2.37. The molecule has 1 aliphatic rings. The molecule has 1 aromatic carbocycles. The molecule has 1 fully saturated rings.